The summed E-state index contributed by atoms with van der Waals surface area (Å²) in [5.41, 5.74) is 6.25. The number of nitrogens with two attached hydrogens (primary N) is 1. The molecule has 0 saturated heterocycles. The first-order valence-electron chi connectivity index (χ1n) is 4.98. The minimum absolute atomic E-state index is 0.214. The van der Waals surface area contributed by atoms with Gasteiger partial charge in [-0.3, -0.25) is 4.79 Å². The minimum atomic E-state index is -0.214. The molecule has 1 rings (SSSR count). The molecule has 90 valence electrons. The van der Waals surface area contributed by atoms with E-state index < -0.39 is 0 Å². The van der Waals surface area contributed by atoms with Crippen molar-refractivity contribution in [3.05, 3.63) is 27.7 Å². The first kappa shape index (κ1) is 13.7. The third kappa shape index (κ3) is 3.06. The lowest BCUT2D eigenvalue weighted by atomic mass is 10.1. The molecule has 1 aromatic rings. The van der Waals surface area contributed by atoms with E-state index in [0.29, 0.717) is 12.1 Å². The second kappa shape index (κ2) is 5.81. The van der Waals surface area contributed by atoms with Gasteiger partial charge in [-0.15, -0.1) is 6.42 Å². The molecule has 0 unspecified atom stereocenters. The summed E-state index contributed by atoms with van der Waals surface area (Å²) in [6, 6.07) is 2.98. The van der Waals surface area contributed by atoms with Gasteiger partial charge in [0.1, 0.15) is 0 Å². The number of anilines is 1. The summed E-state index contributed by atoms with van der Waals surface area (Å²) >= 11 is 11.7. The van der Waals surface area contributed by atoms with E-state index in [1.165, 1.54) is 17.0 Å². The summed E-state index contributed by atoms with van der Waals surface area (Å²) in [4.78, 5) is 13.6. The second-order valence-electron chi connectivity index (χ2n) is 3.38. The van der Waals surface area contributed by atoms with Gasteiger partial charge in [-0.25, -0.2) is 0 Å². The lowest BCUT2D eigenvalue weighted by Gasteiger charge is -2.18. The van der Waals surface area contributed by atoms with Crippen molar-refractivity contribution < 1.29 is 4.79 Å². The van der Waals surface area contributed by atoms with E-state index >= 15 is 0 Å². The van der Waals surface area contributed by atoms with Gasteiger partial charge in [-0.1, -0.05) is 29.1 Å². The molecule has 0 radical (unpaired) electrons. The van der Waals surface area contributed by atoms with Crippen molar-refractivity contribution in [1.29, 1.82) is 0 Å². The molecule has 0 heterocycles. The van der Waals surface area contributed by atoms with Crippen LogP contribution in [0, 0.1) is 12.3 Å². The van der Waals surface area contributed by atoms with E-state index in [1.807, 2.05) is 6.92 Å². The highest BCUT2D eigenvalue weighted by molar-refractivity contribution is 6.39. The highest BCUT2D eigenvalue weighted by atomic mass is 35.5. The maximum Gasteiger partial charge on any atom is 0.254 e. The van der Waals surface area contributed by atoms with Crippen LogP contribution in [-0.4, -0.2) is 23.9 Å². The number of terminal acetylenes is 1. The number of benzene rings is 1. The highest BCUT2D eigenvalue weighted by Gasteiger charge is 2.16. The number of carbonyl (C=O) groups is 1. The molecule has 2 N–H and O–H groups in total. The van der Waals surface area contributed by atoms with Crippen molar-refractivity contribution in [3.8, 4) is 12.3 Å². The fourth-order valence-corrected chi connectivity index (χ4v) is 1.81. The number of hydrogen-bond acceptors (Lipinski definition) is 2. The summed E-state index contributed by atoms with van der Waals surface area (Å²) in [6.07, 6.45) is 5.19. The molecule has 0 spiro atoms. The van der Waals surface area contributed by atoms with Crippen LogP contribution in [-0.2, 0) is 0 Å². The highest BCUT2D eigenvalue weighted by Crippen LogP contribution is 2.29. The third-order valence-electron chi connectivity index (χ3n) is 2.28. The van der Waals surface area contributed by atoms with E-state index in [0.717, 1.165) is 0 Å². The van der Waals surface area contributed by atoms with E-state index in [-0.39, 0.29) is 28.2 Å². The molecule has 17 heavy (non-hydrogen) atoms. The number of carbonyl (C=O) groups excluding carboxylic acids is 1. The van der Waals surface area contributed by atoms with Crippen molar-refractivity contribution in [3.63, 3.8) is 0 Å². The Morgan fingerprint density at radius 1 is 1.47 bits per heavy atom. The van der Waals surface area contributed by atoms with Gasteiger partial charge in [0.05, 0.1) is 22.3 Å². The number of amides is 1. The molecule has 3 nitrogen and oxygen atoms in total. The van der Waals surface area contributed by atoms with Crippen LogP contribution in [0.3, 0.4) is 0 Å². The Balaban J connectivity index is 3.09. The Morgan fingerprint density at radius 3 is 2.41 bits per heavy atom. The zero-order valence-electron chi connectivity index (χ0n) is 9.34. The number of nitrogens with zero attached hydrogens (tertiary/aromatic N) is 1. The molecule has 0 atom stereocenters. The normalized spacial score (nSPS) is 9.76. The average Bonchev–Trinajstić information content (AvgIpc) is 2.31. The predicted molar refractivity (Wildman–Crippen MR) is 71.3 cm³/mol. The zero-order chi connectivity index (χ0) is 13.0. The summed E-state index contributed by atoms with van der Waals surface area (Å²) in [5.74, 6) is 2.21. The van der Waals surface area contributed by atoms with Crippen LogP contribution in [0.25, 0.3) is 0 Å². The van der Waals surface area contributed by atoms with Gasteiger partial charge < -0.3 is 10.6 Å². The predicted octanol–water partition coefficient (Wildman–Crippen LogP) is 2.67. The first-order valence-corrected chi connectivity index (χ1v) is 5.74. The number of hydrogen-bond donors (Lipinski definition) is 1. The molecule has 5 heteroatoms. The largest absolute Gasteiger partial charge is 0.396 e. The van der Waals surface area contributed by atoms with Crippen LogP contribution in [0.2, 0.25) is 10.0 Å². The van der Waals surface area contributed by atoms with Gasteiger partial charge in [0.15, 0.2) is 0 Å². The van der Waals surface area contributed by atoms with Crippen LogP contribution in [0.5, 0.6) is 0 Å². The van der Waals surface area contributed by atoms with Crippen LogP contribution in [0.4, 0.5) is 5.69 Å². The zero-order valence-corrected chi connectivity index (χ0v) is 10.8. The van der Waals surface area contributed by atoms with Gasteiger partial charge in [0.2, 0.25) is 0 Å². The van der Waals surface area contributed by atoms with Gasteiger partial charge in [0.25, 0.3) is 5.91 Å². The molecule has 0 aliphatic heterocycles. The Morgan fingerprint density at radius 2 is 2.00 bits per heavy atom. The Bertz CT molecular complexity index is 457. The molecule has 1 amide bonds. The molecular formula is C12H12Cl2N2O. The van der Waals surface area contributed by atoms with Gasteiger partial charge in [-0.2, -0.15) is 0 Å². The summed E-state index contributed by atoms with van der Waals surface area (Å²) in [6.45, 7) is 2.60. The fraction of sp³-hybridized carbons (Fsp3) is 0.250. The fourth-order valence-electron chi connectivity index (χ4n) is 1.33. The van der Waals surface area contributed by atoms with Crippen molar-refractivity contribution in [2.24, 2.45) is 0 Å². The van der Waals surface area contributed by atoms with Crippen LogP contribution < -0.4 is 5.73 Å². The maximum atomic E-state index is 12.1. The molecule has 0 aliphatic carbocycles. The summed E-state index contributed by atoms with van der Waals surface area (Å²) in [5, 5.41) is 0.523. The molecule has 0 fully saturated rings. The van der Waals surface area contributed by atoms with Crippen LogP contribution in [0.15, 0.2) is 12.1 Å². The van der Waals surface area contributed by atoms with Crippen molar-refractivity contribution >= 4 is 34.8 Å². The average molecular weight is 271 g/mol. The Kier molecular flexibility index (Phi) is 4.68. The molecular weight excluding hydrogens is 259 g/mol. The topological polar surface area (TPSA) is 46.3 Å². The summed E-state index contributed by atoms with van der Waals surface area (Å²) < 4.78 is 0. The number of rotatable bonds is 3. The monoisotopic (exact) mass is 270 g/mol. The van der Waals surface area contributed by atoms with Crippen molar-refractivity contribution in [2.45, 2.75) is 6.92 Å². The van der Waals surface area contributed by atoms with E-state index in [2.05, 4.69) is 5.92 Å². The standard InChI is InChI=1S/C12H12Cl2N2O/c1-3-5-16(4-2)12(17)8-6-9(13)11(15)10(14)7-8/h1,6-7H,4-5,15H2,2H3. The van der Waals surface area contributed by atoms with Crippen molar-refractivity contribution in [2.75, 3.05) is 18.8 Å². The maximum absolute atomic E-state index is 12.1. The van der Waals surface area contributed by atoms with E-state index in [4.69, 9.17) is 35.4 Å². The number of nitrogen functional groups attached to an aromatic ring is 1. The SMILES string of the molecule is C#CCN(CC)C(=O)c1cc(Cl)c(N)c(Cl)c1. The lowest BCUT2D eigenvalue weighted by molar-refractivity contribution is 0.0785. The first-order chi connectivity index (χ1) is 8.01. The molecule has 0 aliphatic rings. The van der Waals surface area contributed by atoms with Crippen LogP contribution in [0.1, 0.15) is 17.3 Å². The molecule has 0 saturated carbocycles. The van der Waals surface area contributed by atoms with Gasteiger partial charge in [0, 0.05) is 12.1 Å². The second-order valence-corrected chi connectivity index (χ2v) is 4.19. The quantitative estimate of drug-likeness (QED) is 0.678. The number of halogens is 2. The van der Waals surface area contributed by atoms with E-state index in [9.17, 15) is 4.79 Å². The van der Waals surface area contributed by atoms with E-state index in [1.54, 1.807) is 0 Å². The minimum Gasteiger partial charge on any atom is -0.396 e. The molecule has 1 aromatic carbocycles. The summed E-state index contributed by atoms with van der Waals surface area (Å²) in [7, 11) is 0. The molecule has 0 aromatic heterocycles. The van der Waals surface area contributed by atoms with Crippen LogP contribution >= 0.6 is 23.2 Å². The van der Waals surface area contributed by atoms with Gasteiger partial charge in [-0.05, 0) is 19.1 Å². The Hall–Kier alpha value is -1.37. The lowest BCUT2D eigenvalue weighted by Crippen LogP contribution is -2.31. The van der Waals surface area contributed by atoms with Gasteiger partial charge >= 0.3 is 0 Å². The Labute approximate surface area is 110 Å². The molecule has 0 bridgehead atoms. The smallest absolute Gasteiger partial charge is 0.254 e. The van der Waals surface area contributed by atoms with Crippen molar-refractivity contribution in [1.82, 2.24) is 4.90 Å². The third-order valence-corrected chi connectivity index (χ3v) is 2.90.